The number of carbonyl (C=O) groups excluding carboxylic acids is 3. The van der Waals surface area contributed by atoms with E-state index in [4.69, 9.17) is 5.26 Å². The molecule has 3 amide bonds. The number of nitrogens with zero attached hydrogens (tertiary/aromatic N) is 2. The zero-order valence-electron chi connectivity index (χ0n) is 13.8. The number of anilines is 1. The fourth-order valence-corrected chi connectivity index (χ4v) is 3.19. The Morgan fingerprint density at radius 2 is 1.96 bits per heavy atom. The summed E-state index contributed by atoms with van der Waals surface area (Å²) in [7, 11) is 0. The fraction of sp³-hybridized carbons (Fsp3) is 0.0526. The molecule has 1 saturated heterocycles. The van der Waals surface area contributed by atoms with Gasteiger partial charge in [-0.25, -0.2) is 4.39 Å². The van der Waals surface area contributed by atoms with Crippen LogP contribution < -0.4 is 5.32 Å². The molecule has 0 aliphatic carbocycles. The minimum atomic E-state index is -0.609. The van der Waals surface area contributed by atoms with Crippen molar-refractivity contribution in [3.63, 3.8) is 0 Å². The molecule has 2 aromatic rings. The van der Waals surface area contributed by atoms with Gasteiger partial charge in [-0.1, -0.05) is 18.2 Å². The molecule has 1 heterocycles. The van der Waals surface area contributed by atoms with Crippen molar-refractivity contribution in [3.8, 4) is 6.07 Å². The standard InChI is InChI=1S/C19H12FN3O3S/c20-14-2-1-3-15(9-14)22-17(24)11-23-18(25)16(27-19(23)26)8-12-4-6-13(10-21)7-5-12/h1-9H,11H2,(H,22,24)/b16-8+. The molecule has 1 aliphatic rings. The van der Waals surface area contributed by atoms with Gasteiger partial charge in [-0.2, -0.15) is 5.26 Å². The van der Waals surface area contributed by atoms with E-state index in [2.05, 4.69) is 5.32 Å². The number of nitrogens with one attached hydrogen (secondary N) is 1. The number of halogens is 1. The number of carbonyl (C=O) groups is 3. The predicted molar refractivity (Wildman–Crippen MR) is 98.9 cm³/mol. The van der Waals surface area contributed by atoms with Gasteiger partial charge in [0, 0.05) is 5.69 Å². The molecular formula is C19H12FN3O3S. The van der Waals surface area contributed by atoms with E-state index in [1.165, 1.54) is 24.3 Å². The van der Waals surface area contributed by atoms with Gasteiger partial charge >= 0.3 is 0 Å². The van der Waals surface area contributed by atoms with Crippen molar-refractivity contribution in [1.29, 1.82) is 5.26 Å². The van der Waals surface area contributed by atoms with Gasteiger partial charge in [-0.3, -0.25) is 19.3 Å². The van der Waals surface area contributed by atoms with Gasteiger partial charge in [0.2, 0.25) is 5.91 Å². The number of rotatable bonds is 4. The third-order valence-electron chi connectivity index (χ3n) is 3.62. The first-order chi connectivity index (χ1) is 13.0. The summed E-state index contributed by atoms with van der Waals surface area (Å²) in [5.74, 6) is -1.70. The van der Waals surface area contributed by atoms with Crippen molar-refractivity contribution in [2.24, 2.45) is 0 Å². The molecule has 0 atom stereocenters. The van der Waals surface area contributed by atoms with E-state index in [9.17, 15) is 18.8 Å². The lowest BCUT2D eigenvalue weighted by Gasteiger charge is -2.12. The molecule has 0 aromatic heterocycles. The fourth-order valence-electron chi connectivity index (χ4n) is 2.35. The topological polar surface area (TPSA) is 90.3 Å². The van der Waals surface area contributed by atoms with Crippen LogP contribution in [0.1, 0.15) is 11.1 Å². The van der Waals surface area contributed by atoms with Crippen LogP contribution in [0.5, 0.6) is 0 Å². The second kappa shape index (κ2) is 7.85. The van der Waals surface area contributed by atoms with E-state index in [1.807, 2.05) is 6.07 Å². The number of benzene rings is 2. The van der Waals surface area contributed by atoms with Crippen LogP contribution >= 0.6 is 11.8 Å². The quantitative estimate of drug-likeness (QED) is 0.820. The molecule has 0 bridgehead atoms. The minimum Gasteiger partial charge on any atom is -0.324 e. The van der Waals surface area contributed by atoms with E-state index in [0.29, 0.717) is 11.1 Å². The molecule has 0 radical (unpaired) electrons. The Kier molecular flexibility index (Phi) is 5.33. The Hall–Kier alpha value is -3.44. The van der Waals surface area contributed by atoms with Crippen LogP contribution in [0.3, 0.4) is 0 Å². The van der Waals surface area contributed by atoms with Crippen LogP contribution in [0.2, 0.25) is 0 Å². The van der Waals surface area contributed by atoms with Gasteiger partial charge in [0.05, 0.1) is 16.5 Å². The largest absolute Gasteiger partial charge is 0.324 e. The number of hydrogen-bond acceptors (Lipinski definition) is 5. The Labute approximate surface area is 158 Å². The summed E-state index contributed by atoms with van der Waals surface area (Å²) in [6.07, 6.45) is 1.52. The molecule has 0 spiro atoms. The number of thioether (sulfide) groups is 1. The molecule has 1 aliphatic heterocycles. The highest BCUT2D eigenvalue weighted by Gasteiger charge is 2.36. The van der Waals surface area contributed by atoms with Gasteiger partial charge in [0.25, 0.3) is 11.1 Å². The van der Waals surface area contributed by atoms with E-state index in [0.717, 1.165) is 22.7 Å². The van der Waals surface area contributed by atoms with Gasteiger partial charge in [0.1, 0.15) is 12.4 Å². The predicted octanol–water partition coefficient (Wildman–Crippen LogP) is 3.37. The molecule has 6 nitrogen and oxygen atoms in total. The lowest BCUT2D eigenvalue weighted by atomic mass is 10.1. The molecule has 3 rings (SSSR count). The maximum absolute atomic E-state index is 13.2. The summed E-state index contributed by atoms with van der Waals surface area (Å²) in [6, 6.07) is 13.8. The highest BCUT2D eigenvalue weighted by atomic mass is 32.2. The number of nitriles is 1. The summed E-state index contributed by atoms with van der Waals surface area (Å²) in [5.41, 5.74) is 1.37. The van der Waals surface area contributed by atoms with Crippen LogP contribution in [0.25, 0.3) is 6.08 Å². The average molecular weight is 381 g/mol. The Morgan fingerprint density at radius 3 is 2.63 bits per heavy atom. The number of imide groups is 1. The number of amides is 3. The SMILES string of the molecule is N#Cc1ccc(/C=C2/SC(=O)N(CC(=O)Nc3cccc(F)c3)C2=O)cc1. The van der Waals surface area contributed by atoms with Gasteiger partial charge in [0.15, 0.2) is 0 Å². The summed E-state index contributed by atoms with van der Waals surface area (Å²) in [6.45, 7) is -0.466. The van der Waals surface area contributed by atoms with Crippen molar-refractivity contribution < 1.29 is 18.8 Å². The molecule has 134 valence electrons. The van der Waals surface area contributed by atoms with Crippen LogP contribution in [0.4, 0.5) is 14.9 Å². The monoisotopic (exact) mass is 381 g/mol. The van der Waals surface area contributed by atoms with Gasteiger partial charge in [-0.05, 0) is 53.7 Å². The maximum atomic E-state index is 13.2. The van der Waals surface area contributed by atoms with E-state index < -0.39 is 29.4 Å². The highest BCUT2D eigenvalue weighted by Crippen LogP contribution is 2.32. The normalized spacial score (nSPS) is 15.1. The molecule has 1 fully saturated rings. The van der Waals surface area contributed by atoms with Crippen molar-refractivity contribution in [3.05, 3.63) is 70.4 Å². The average Bonchev–Trinajstić information content (AvgIpc) is 2.90. The van der Waals surface area contributed by atoms with Crippen LogP contribution in [-0.4, -0.2) is 28.5 Å². The zero-order chi connectivity index (χ0) is 19.4. The molecule has 0 saturated carbocycles. The summed E-state index contributed by atoms with van der Waals surface area (Å²) in [5, 5.41) is 10.7. The molecule has 27 heavy (non-hydrogen) atoms. The first-order valence-electron chi connectivity index (χ1n) is 7.77. The van der Waals surface area contributed by atoms with Gasteiger partial charge in [-0.15, -0.1) is 0 Å². The molecule has 1 N–H and O–H groups in total. The lowest BCUT2D eigenvalue weighted by Crippen LogP contribution is -2.36. The smallest absolute Gasteiger partial charge is 0.294 e. The van der Waals surface area contributed by atoms with E-state index in [-0.39, 0.29) is 10.6 Å². The lowest BCUT2D eigenvalue weighted by molar-refractivity contribution is -0.127. The minimum absolute atomic E-state index is 0.184. The Bertz CT molecular complexity index is 996. The first-order valence-corrected chi connectivity index (χ1v) is 8.59. The molecule has 8 heteroatoms. The third-order valence-corrected chi connectivity index (χ3v) is 4.53. The van der Waals surface area contributed by atoms with Crippen molar-refractivity contribution in [2.75, 3.05) is 11.9 Å². The van der Waals surface area contributed by atoms with E-state index in [1.54, 1.807) is 24.3 Å². The third kappa shape index (κ3) is 4.40. The van der Waals surface area contributed by atoms with Crippen molar-refractivity contribution in [2.45, 2.75) is 0 Å². The van der Waals surface area contributed by atoms with Crippen molar-refractivity contribution >= 4 is 40.6 Å². The second-order valence-corrected chi connectivity index (χ2v) is 6.55. The maximum Gasteiger partial charge on any atom is 0.294 e. The van der Waals surface area contributed by atoms with Crippen molar-refractivity contribution in [1.82, 2.24) is 4.90 Å². The van der Waals surface area contributed by atoms with Crippen LogP contribution in [0, 0.1) is 17.1 Å². The molecule has 2 aromatic carbocycles. The van der Waals surface area contributed by atoms with Gasteiger partial charge < -0.3 is 5.32 Å². The van der Waals surface area contributed by atoms with Crippen LogP contribution in [0.15, 0.2) is 53.4 Å². The molecule has 0 unspecified atom stereocenters. The summed E-state index contributed by atoms with van der Waals surface area (Å²) < 4.78 is 13.2. The molecular weight excluding hydrogens is 369 g/mol. The van der Waals surface area contributed by atoms with Crippen LogP contribution in [-0.2, 0) is 9.59 Å². The first kappa shape index (κ1) is 18.4. The second-order valence-electron chi connectivity index (χ2n) is 5.56. The highest BCUT2D eigenvalue weighted by molar-refractivity contribution is 8.18. The Morgan fingerprint density at radius 1 is 1.22 bits per heavy atom. The Balaban J connectivity index is 1.69. The van der Waals surface area contributed by atoms with E-state index >= 15 is 0 Å². The zero-order valence-corrected chi connectivity index (χ0v) is 14.6. The summed E-state index contributed by atoms with van der Waals surface area (Å²) >= 11 is 0.731. The number of hydrogen-bond donors (Lipinski definition) is 1. The summed E-state index contributed by atoms with van der Waals surface area (Å²) in [4.78, 5) is 37.6.